The Morgan fingerprint density at radius 2 is 2.05 bits per heavy atom. The fraction of sp³-hybridized carbons (Fsp3) is 0.267. The molecule has 1 heterocycles. The molecule has 3 rings (SSSR count). The van der Waals surface area contributed by atoms with E-state index in [0.29, 0.717) is 10.6 Å². The summed E-state index contributed by atoms with van der Waals surface area (Å²) in [5.74, 6) is -0.281. The number of benzene rings is 1. The molecule has 6 heteroatoms. The summed E-state index contributed by atoms with van der Waals surface area (Å²) in [5.41, 5.74) is 2.08. The van der Waals surface area contributed by atoms with Crippen molar-refractivity contribution in [2.75, 3.05) is 5.75 Å². The molecule has 1 aromatic carbocycles. The molecular weight excluding hydrogens is 291 g/mol. The molecule has 0 radical (unpaired) electrons. The molecule has 0 atom stereocenters. The smallest absolute Gasteiger partial charge is 0.309 e. The summed E-state index contributed by atoms with van der Waals surface area (Å²) < 4.78 is 12.8. The number of nitrogens with one attached hydrogen (secondary N) is 1. The van der Waals surface area contributed by atoms with Gasteiger partial charge < -0.3 is 4.98 Å². The number of carbonyl (C=O) groups is 1. The Hall–Kier alpha value is -1.95. The molecular formula is C15H13FN2O2S. The zero-order valence-corrected chi connectivity index (χ0v) is 12.0. The third-order valence-electron chi connectivity index (χ3n) is 3.44. The molecule has 108 valence electrons. The van der Waals surface area contributed by atoms with Crippen LogP contribution in [0.5, 0.6) is 0 Å². The largest absolute Gasteiger partial charge is 0.346 e. The molecule has 0 amide bonds. The molecule has 4 nitrogen and oxygen atoms in total. The second kappa shape index (κ2) is 5.81. The van der Waals surface area contributed by atoms with Gasteiger partial charge in [0.2, 0.25) is 0 Å². The molecule has 0 fully saturated rings. The number of rotatable bonds is 4. The maximum atomic E-state index is 12.8. The van der Waals surface area contributed by atoms with Gasteiger partial charge >= 0.3 is 5.69 Å². The van der Waals surface area contributed by atoms with Gasteiger partial charge in [-0.1, -0.05) is 11.8 Å². The number of hydrogen-bond donors (Lipinski definition) is 1. The molecule has 1 aliphatic carbocycles. The minimum Gasteiger partial charge on any atom is -0.309 e. The van der Waals surface area contributed by atoms with Gasteiger partial charge in [0.05, 0.1) is 5.75 Å². The Morgan fingerprint density at radius 1 is 1.29 bits per heavy atom. The van der Waals surface area contributed by atoms with E-state index in [1.54, 1.807) is 0 Å². The van der Waals surface area contributed by atoms with Gasteiger partial charge in [-0.15, -0.1) is 0 Å². The highest BCUT2D eigenvalue weighted by molar-refractivity contribution is 8.00. The van der Waals surface area contributed by atoms with E-state index in [4.69, 9.17) is 0 Å². The number of fused-ring (bicyclic) bond motifs is 1. The first-order chi connectivity index (χ1) is 10.1. The van der Waals surface area contributed by atoms with E-state index in [0.717, 1.165) is 30.5 Å². The lowest BCUT2D eigenvalue weighted by atomic mass is 10.1. The lowest BCUT2D eigenvalue weighted by Crippen LogP contribution is -2.15. The Kier molecular flexibility index (Phi) is 3.88. The highest BCUT2D eigenvalue weighted by Gasteiger charge is 2.19. The van der Waals surface area contributed by atoms with E-state index in [2.05, 4.69) is 9.97 Å². The highest BCUT2D eigenvalue weighted by atomic mass is 32.2. The van der Waals surface area contributed by atoms with Gasteiger partial charge in [-0.05, 0) is 43.5 Å². The summed E-state index contributed by atoms with van der Waals surface area (Å²) >= 11 is 1.27. The first-order valence-corrected chi connectivity index (χ1v) is 7.65. The maximum Gasteiger partial charge on any atom is 0.346 e. The van der Waals surface area contributed by atoms with Crippen LogP contribution in [0.3, 0.4) is 0 Å². The van der Waals surface area contributed by atoms with Crippen molar-refractivity contribution >= 4 is 17.5 Å². The van der Waals surface area contributed by atoms with Crippen LogP contribution < -0.4 is 5.69 Å². The van der Waals surface area contributed by atoms with Crippen LogP contribution in [0.1, 0.15) is 28.0 Å². The summed E-state index contributed by atoms with van der Waals surface area (Å²) in [5, 5.41) is 0.640. The first kappa shape index (κ1) is 14.0. The number of halogens is 1. The second-order valence-corrected chi connectivity index (χ2v) is 5.84. The summed E-state index contributed by atoms with van der Waals surface area (Å²) in [6.07, 6.45) is 2.73. The van der Waals surface area contributed by atoms with Crippen LogP contribution in [0.4, 0.5) is 4.39 Å². The van der Waals surface area contributed by atoms with Crippen molar-refractivity contribution < 1.29 is 9.18 Å². The van der Waals surface area contributed by atoms with Gasteiger partial charge in [0.25, 0.3) is 0 Å². The number of aromatic amines is 1. The van der Waals surface area contributed by atoms with Crippen molar-refractivity contribution in [3.8, 4) is 0 Å². The van der Waals surface area contributed by atoms with Crippen LogP contribution in [0, 0.1) is 5.82 Å². The van der Waals surface area contributed by atoms with Crippen LogP contribution in [-0.2, 0) is 12.8 Å². The maximum absolute atomic E-state index is 12.8. The summed E-state index contributed by atoms with van der Waals surface area (Å²) in [4.78, 5) is 30.3. The van der Waals surface area contributed by atoms with E-state index < -0.39 is 0 Å². The number of nitrogens with zero attached hydrogens (tertiary/aromatic N) is 1. The average molecular weight is 304 g/mol. The third kappa shape index (κ3) is 3.05. The molecule has 1 N–H and O–H groups in total. The first-order valence-electron chi connectivity index (χ1n) is 6.67. The van der Waals surface area contributed by atoms with E-state index in [1.807, 2.05) is 0 Å². The monoisotopic (exact) mass is 304 g/mol. The van der Waals surface area contributed by atoms with Crippen molar-refractivity contribution in [1.29, 1.82) is 0 Å². The molecule has 0 saturated carbocycles. The van der Waals surface area contributed by atoms with Crippen molar-refractivity contribution in [3.63, 3.8) is 0 Å². The minimum absolute atomic E-state index is 0.103. The number of ketones is 1. The second-order valence-electron chi connectivity index (χ2n) is 4.88. The Morgan fingerprint density at radius 3 is 2.81 bits per heavy atom. The van der Waals surface area contributed by atoms with E-state index in [-0.39, 0.29) is 23.0 Å². The molecule has 1 aliphatic rings. The van der Waals surface area contributed by atoms with Gasteiger partial charge in [0.15, 0.2) is 5.78 Å². The predicted octanol–water partition coefficient (Wildman–Crippen LogP) is 2.37. The number of carbonyl (C=O) groups excluding carboxylic acids is 1. The van der Waals surface area contributed by atoms with Crippen LogP contribution in [-0.4, -0.2) is 21.5 Å². The van der Waals surface area contributed by atoms with Crippen LogP contribution in [0.2, 0.25) is 0 Å². The number of H-pyrrole nitrogens is 1. The SMILES string of the molecule is O=C(CSc1nc(=O)[nH]c2c1CCC2)c1ccc(F)cc1. The molecule has 2 aromatic rings. The van der Waals surface area contributed by atoms with Gasteiger partial charge in [-0.25, -0.2) is 9.18 Å². The van der Waals surface area contributed by atoms with Gasteiger partial charge in [0.1, 0.15) is 10.8 Å². The van der Waals surface area contributed by atoms with Gasteiger partial charge in [-0.2, -0.15) is 4.98 Å². The lowest BCUT2D eigenvalue weighted by Gasteiger charge is -2.06. The number of hydrogen-bond acceptors (Lipinski definition) is 4. The number of aryl methyl sites for hydroxylation is 1. The zero-order chi connectivity index (χ0) is 14.8. The van der Waals surface area contributed by atoms with Crippen LogP contribution in [0.25, 0.3) is 0 Å². The fourth-order valence-corrected chi connectivity index (χ4v) is 3.39. The molecule has 0 aliphatic heterocycles. The summed E-state index contributed by atoms with van der Waals surface area (Å²) in [6, 6.07) is 5.46. The van der Waals surface area contributed by atoms with Crippen molar-refractivity contribution in [2.45, 2.75) is 24.3 Å². The quantitative estimate of drug-likeness (QED) is 0.535. The average Bonchev–Trinajstić information content (AvgIpc) is 2.93. The topological polar surface area (TPSA) is 62.8 Å². The molecule has 1 aromatic heterocycles. The Balaban J connectivity index is 1.75. The Bertz CT molecular complexity index is 740. The van der Waals surface area contributed by atoms with E-state index in [9.17, 15) is 14.0 Å². The van der Waals surface area contributed by atoms with Crippen molar-refractivity contribution in [2.24, 2.45) is 0 Å². The van der Waals surface area contributed by atoms with Crippen molar-refractivity contribution in [3.05, 3.63) is 57.4 Å². The van der Waals surface area contributed by atoms with E-state index in [1.165, 1.54) is 36.0 Å². The molecule has 21 heavy (non-hydrogen) atoms. The molecule has 0 unspecified atom stereocenters. The standard InChI is InChI=1S/C15H13FN2O2S/c16-10-6-4-9(5-7-10)13(19)8-21-14-11-2-1-3-12(11)17-15(20)18-14/h4-7H,1-3,8H2,(H,17,18,20). The van der Waals surface area contributed by atoms with Gasteiger partial charge in [0, 0.05) is 16.8 Å². The highest BCUT2D eigenvalue weighted by Crippen LogP contribution is 2.28. The number of Topliss-reactive ketones (excluding diaryl/α,β-unsaturated/α-hetero) is 1. The number of aromatic nitrogens is 2. The minimum atomic E-state index is -0.368. The van der Waals surface area contributed by atoms with Gasteiger partial charge in [-0.3, -0.25) is 4.79 Å². The van der Waals surface area contributed by atoms with Crippen LogP contribution >= 0.6 is 11.8 Å². The molecule has 0 spiro atoms. The molecule has 0 saturated heterocycles. The predicted molar refractivity (Wildman–Crippen MR) is 78.3 cm³/mol. The summed E-state index contributed by atoms with van der Waals surface area (Å²) in [7, 11) is 0. The third-order valence-corrected chi connectivity index (χ3v) is 4.46. The normalized spacial score (nSPS) is 13.2. The van der Waals surface area contributed by atoms with Crippen LogP contribution in [0.15, 0.2) is 34.1 Å². The van der Waals surface area contributed by atoms with E-state index >= 15 is 0 Å². The number of thioether (sulfide) groups is 1. The zero-order valence-electron chi connectivity index (χ0n) is 11.2. The lowest BCUT2D eigenvalue weighted by molar-refractivity contribution is 0.102. The fourth-order valence-electron chi connectivity index (χ4n) is 2.41. The van der Waals surface area contributed by atoms with Crippen molar-refractivity contribution in [1.82, 2.24) is 9.97 Å². The summed E-state index contributed by atoms with van der Waals surface area (Å²) in [6.45, 7) is 0. The Labute approximate surface area is 124 Å². The molecule has 0 bridgehead atoms.